The van der Waals surface area contributed by atoms with Gasteiger partial charge in [-0.3, -0.25) is 9.52 Å². The molecule has 1 saturated carbocycles. The summed E-state index contributed by atoms with van der Waals surface area (Å²) in [7, 11) is -2.95. The fraction of sp³-hybridized carbons (Fsp3) is 0.568. The predicted molar refractivity (Wildman–Crippen MR) is 200 cm³/mol. The minimum atomic E-state index is -2.95. The molecule has 1 saturated heterocycles. The second kappa shape index (κ2) is 13.2. The zero-order chi connectivity index (χ0) is 33.0. The fourth-order valence-electron chi connectivity index (χ4n) is 8.41. The lowest BCUT2D eigenvalue weighted by atomic mass is 9.64. The Morgan fingerprint density at radius 2 is 1.94 bits per heavy atom. The van der Waals surface area contributed by atoms with Crippen LogP contribution in [0.25, 0.3) is 0 Å². The lowest BCUT2D eigenvalue weighted by Crippen LogP contribution is -2.55. The van der Waals surface area contributed by atoms with Gasteiger partial charge in [0.15, 0.2) is 0 Å². The summed E-state index contributed by atoms with van der Waals surface area (Å²) in [6, 6.07) is 11.9. The van der Waals surface area contributed by atoms with Gasteiger partial charge in [-0.05, 0) is 128 Å². The van der Waals surface area contributed by atoms with Gasteiger partial charge < -0.3 is 14.7 Å². The van der Waals surface area contributed by atoms with E-state index in [-0.39, 0.29) is 38.9 Å². The van der Waals surface area contributed by atoms with Crippen LogP contribution in [0.4, 0.5) is 5.69 Å². The van der Waals surface area contributed by atoms with Crippen molar-refractivity contribution in [3.05, 3.63) is 70.3 Å². The second-order valence-corrected chi connectivity index (χ2v) is 20.1. The van der Waals surface area contributed by atoms with Crippen LogP contribution in [0, 0.1) is 17.8 Å². The Labute approximate surface area is 294 Å². The van der Waals surface area contributed by atoms with Gasteiger partial charge in [0.1, 0.15) is 11.4 Å². The summed E-state index contributed by atoms with van der Waals surface area (Å²) in [5, 5.41) is 13.1. The Hall–Kier alpha value is -1.78. The summed E-state index contributed by atoms with van der Waals surface area (Å²) in [5.74, 6) is 6.91. The number of hydrogen-bond donors (Lipinski definition) is 2. The Morgan fingerprint density at radius 3 is 2.70 bits per heavy atom. The molecule has 0 radical (unpaired) electrons. The number of benzene rings is 2. The average molecular weight is 715 g/mol. The first-order valence-corrected chi connectivity index (χ1v) is 21.4. The summed E-state index contributed by atoms with van der Waals surface area (Å²) in [6.45, 7) is 5.99. The molecule has 10 heteroatoms. The zero-order valence-electron chi connectivity index (χ0n) is 27.4. The molecule has 47 heavy (non-hydrogen) atoms. The summed E-state index contributed by atoms with van der Waals surface area (Å²) < 4.78 is 23.4. The molecule has 0 aromatic heterocycles. The van der Waals surface area contributed by atoms with Crippen LogP contribution in [0.1, 0.15) is 73.9 Å². The van der Waals surface area contributed by atoms with Crippen molar-refractivity contribution in [2.45, 2.75) is 79.6 Å². The summed E-state index contributed by atoms with van der Waals surface area (Å²) in [6.07, 6.45) is 11.1. The number of fused-ring (bicyclic) bond motifs is 4. The Kier molecular flexibility index (Phi) is 9.44. The number of halogens is 1. The minimum Gasteiger partial charge on any atom is -0.490 e. The van der Waals surface area contributed by atoms with Crippen molar-refractivity contribution in [2.75, 3.05) is 36.1 Å². The number of allylic oxidation sites excluding steroid dienone is 1. The van der Waals surface area contributed by atoms with E-state index < -0.39 is 15.3 Å². The number of thioether (sulfide) groups is 2. The van der Waals surface area contributed by atoms with E-state index in [0.717, 1.165) is 73.2 Å². The predicted octanol–water partition coefficient (Wildman–Crippen LogP) is 7.11. The standard InChI is InChI=1S/C37H47ClN2O4S3/c1-24-7-4-16-37(42,35-45-17-6-18-46-35)31-12-9-28(31)21-40-22-36(15-5-8-26-19-29(38)11-13-30(26)36)23-44-33-14-10-27(20-32(33)40)34(41)39-47(3,43)25(24)2/h4,10-11,13-14,16,19-20,24-25,28,31,35,42H,3,5-9,12,15,17-18,21-23H2,1-2H3,(H,39,41,43)/b16-4+/t24-,25+,28-,31+,36-,37-,47?/m0/s1. The number of carbonyl (C=O) groups excluding carboxylic acids is 1. The molecule has 3 aliphatic heterocycles. The molecule has 1 amide bonds. The van der Waals surface area contributed by atoms with Crippen LogP contribution >= 0.6 is 35.1 Å². The number of hydrogen-bond acceptors (Lipinski definition) is 7. The monoisotopic (exact) mass is 714 g/mol. The highest BCUT2D eigenvalue weighted by molar-refractivity contribution is 8.17. The van der Waals surface area contributed by atoms with Gasteiger partial charge in [0.2, 0.25) is 0 Å². The van der Waals surface area contributed by atoms with E-state index in [0.29, 0.717) is 18.6 Å². The van der Waals surface area contributed by atoms with Crippen LogP contribution in [0.3, 0.4) is 0 Å². The van der Waals surface area contributed by atoms with Crippen molar-refractivity contribution in [2.24, 2.45) is 17.8 Å². The van der Waals surface area contributed by atoms with Gasteiger partial charge in [0.25, 0.3) is 5.91 Å². The van der Waals surface area contributed by atoms with Crippen LogP contribution in [-0.4, -0.2) is 67.7 Å². The first-order valence-electron chi connectivity index (χ1n) is 17.1. The largest absolute Gasteiger partial charge is 0.490 e. The topological polar surface area (TPSA) is 78.9 Å². The molecule has 7 rings (SSSR count). The van der Waals surface area contributed by atoms with Crippen LogP contribution in [0.2, 0.25) is 5.02 Å². The number of ether oxygens (including phenoxy) is 1. The minimum absolute atomic E-state index is 0.00191. The zero-order valence-corrected chi connectivity index (χ0v) is 30.6. The highest BCUT2D eigenvalue weighted by atomic mass is 35.5. The third kappa shape index (κ3) is 6.37. The molecule has 2 bridgehead atoms. The average Bonchev–Trinajstić information content (AvgIpc) is 3.19. The number of rotatable bonds is 1. The van der Waals surface area contributed by atoms with E-state index in [1.54, 1.807) is 6.07 Å². The molecule has 7 atom stereocenters. The van der Waals surface area contributed by atoms with E-state index in [9.17, 15) is 14.1 Å². The smallest absolute Gasteiger partial charge is 0.262 e. The van der Waals surface area contributed by atoms with Gasteiger partial charge in [-0.1, -0.05) is 36.7 Å². The summed E-state index contributed by atoms with van der Waals surface area (Å²) in [5.41, 5.74) is 2.73. The number of carbonyl (C=O) groups is 1. The molecule has 2 N–H and O–H groups in total. The number of nitrogens with one attached hydrogen (secondary N) is 1. The van der Waals surface area contributed by atoms with Crippen LogP contribution in [-0.2, 0) is 21.5 Å². The van der Waals surface area contributed by atoms with Crippen molar-refractivity contribution in [3.8, 4) is 5.75 Å². The first-order chi connectivity index (χ1) is 22.5. The van der Waals surface area contributed by atoms with E-state index in [1.165, 1.54) is 17.5 Å². The van der Waals surface area contributed by atoms with Gasteiger partial charge in [-0.25, -0.2) is 4.21 Å². The maximum Gasteiger partial charge on any atom is 0.262 e. The van der Waals surface area contributed by atoms with Gasteiger partial charge >= 0.3 is 0 Å². The van der Waals surface area contributed by atoms with Crippen molar-refractivity contribution in [1.82, 2.24) is 4.72 Å². The van der Waals surface area contributed by atoms with Crippen molar-refractivity contribution >= 4 is 62.3 Å². The van der Waals surface area contributed by atoms with Gasteiger partial charge in [-0.15, -0.1) is 23.5 Å². The highest BCUT2D eigenvalue weighted by Crippen LogP contribution is 2.53. The van der Waals surface area contributed by atoms with Crippen molar-refractivity contribution in [3.63, 3.8) is 0 Å². The molecule has 2 aromatic carbocycles. The molecule has 2 aromatic rings. The van der Waals surface area contributed by atoms with Crippen molar-refractivity contribution < 1.29 is 18.8 Å². The van der Waals surface area contributed by atoms with E-state index in [2.05, 4.69) is 46.7 Å². The van der Waals surface area contributed by atoms with Crippen LogP contribution < -0.4 is 14.4 Å². The Balaban J connectivity index is 1.32. The number of nitrogens with zero attached hydrogens (tertiary/aromatic N) is 1. The molecule has 3 heterocycles. The number of aliphatic hydroxyl groups is 1. The Bertz CT molecular complexity index is 1660. The number of anilines is 1. The van der Waals surface area contributed by atoms with Crippen LogP contribution in [0.15, 0.2) is 48.6 Å². The molecule has 2 aliphatic carbocycles. The third-order valence-corrected chi connectivity index (χ3v) is 17.2. The Morgan fingerprint density at radius 1 is 1.13 bits per heavy atom. The first kappa shape index (κ1) is 33.7. The lowest BCUT2D eigenvalue weighted by Gasteiger charge is -2.51. The number of amides is 1. The second-order valence-electron chi connectivity index (χ2n) is 14.5. The van der Waals surface area contributed by atoms with E-state index in [4.69, 9.17) is 16.3 Å². The molecule has 1 unspecified atom stereocenters. The number of aryl methyl sites for hydroxylation is 1. The highest BCUT2D eigenvalue weighted by Gasteiger charge is 2.52. The van der Waals surface area contributed by atoms with Gasteiger partial charge in [0, 0.05) is 34.3 Å². The fourth-order valence-corrected chi connectivity index (χ4v) is 13.3. The van der Waals surface area contributed by atoms with Gasteiger partial charge in [0.05, 0.1) is 26.6 Å². The molecule has 5 aliphatic rings. The summed E-state index contributed by atoms with van der Waals surface area (Å²) >= 11 is 10.3. The van der Waals surface area contributed by atoms with E-state index in [1.807, 2.05) is 48.6 Å². The van der Waals surface area contributed by atoms with E-state index >= 15 is 0 Å². The normalized spacial score (nSPS) is 37.0. The van der Waals surface area contributed by atoms with Gasteiger partial charge in [-0.2, -0.15) is 0 Å². The molecular weight excluding hydrogens is 668 g/mol. The molecular formula is C37H47ClN2O4S3. The molecule has 6 nitrogen and oxygen atoms in total. The molecule has 1 spiro atoms. The van der Waals surface area contributed by atoms with Crippen molar-refractivity contribution in [1.29, 1.82) is 0 Å². The molecule has 254 valence electrons. The third-order valence-electron chi connectivity index (χ3n) is 11.5. The lowest BCUT2D eigenvalue weighted by molar-refractivity contribution is -0.0333. The maximum atomic E-state index is 13.9. The summed E-state index contributed by atoms with van der Waals surface area (Å²) in [4.78, 5) is 16.1. The maximum absolute atomic E-state index is 13.9. The quantitative estimate of drug-likeness (QED) is 0.241. The van der Waals surface area contributed by atoms with Crippen LogP contribution in [0.5, 0.6) is 5.75 Å². The SMILES string of the molecule is C=S1(=O)NC(=O)c2ccc3c(c2)N(C[C@@H]2CC[C@H]2[C@](O)(C2SCCCS2)/C=C/C[C@H](C)[C@H]1C)C[C@@]1(CCCc2cc(Cl)ccc21)CO3. The molecule has 2 fully saturated rings.